The van der Waals surface area contributed by atoms with Gasteiger partial charge in [-0.1, -0.05) is 48.0 Å². The Bertz CT molecular complexity index is 1130. The zero-order valence-corrected chi connectivity index (χ0v) is 16.1. The molecule has 142 valence electrons. The van der Waals surface area contributed by atoms with Crippen LogP contribution in [0.1, 0.15) is 10.4 Å². The topological polar surface area (TPSA) is 66.9 Å². The number of aromatic nitrogens is 2. The van der Waals surface area contributed by atoms with Crippen LogP contribution in [0.15, 0.2) is 91.3 Å². The molecular weight excluding hydrogens is 384 g/mol. The van der Waals surface area contributed by atoms with E-state index in [1.54, 1.807) is 24.3 Å². The molecule has 6 heteroatoms. The van der Waals surface area contributed by atoms with E-state index in [1.165, 1.54) is 6.33 Å². The van der Waals surface area contributed by atoms with E-state index < -0.39 is 0 Å². The van der Waals surface area contributed by atoms with Crippen LogP contribution in [-0.2, 0) is 0 Å². The van der Waals surface area contributed by atoms with Crippen molar-refractivity contribution in [1.82, 2.24) is 9.97 Å². The Morgan fingerprint density at radius 2 is 1.55 bits per heavy atom. The van der Waals surface area contributed by atoms with Gasteiger partial charge in [0.2, 0.25) is 0 Å². The Morgan fingerprint density at radius 1 is 0.793 bits per heavy atom. The third-order valence-corrected chi connectivity index (χ3v) is 4.47. The maximum atomic E-state index is 12.3. The summed E-state index contributed by atoms with van der Waals surface area (Å²) in [6.45, 7) is 0. The Kier molecular flexibility index (Phi) is 5.49. The number of amides is 1. The van der Waals surface area contributed by atoms with Gasteiger partial charge in [-0.3, -0.25) is 4.79 Å². The van der Waals surface area contributed by atoms with Gasteiger partial charge in [0.15, 0.2) is 0 Å². The van der Waals surface area contributed by atoms with Gasteiger partial charge in [-0.15, -0.1) is 0 Å². The number of carbonyl (C=O) groups excluding carboxylic acids is 1. The molecule has 1 heterocycles. The number of nitrogens with one attached hydrogen (secondary N) is 2. The predicted octanol–water partition coefficient (Wildman–Crippen LogP) is 5.79. The monoisotopic (exact) mass is 400 g/mol. The van der Waals surface area contributed by atoms with Crippen LogP contribution in [0.2, 0.25) is 5.02 Å². The van der Waals surface area contributed by atoms with Gasteiger partial charge in [0, 0.05) is 33.6 Å². The van der Waals surface area contributed by atoms with Crippen molar-refractivity contribution < 1.29 is 4.79 Å². The van der Waals surface area contributed by atoms with Gasteiger partial charge in [-0.05, 0) is 42.5 Å². The molecule has 5 nitrogen and oxygen atoms in total. The van der Waals surface area contributed by atoms with E-state index in [1.807, 2.05) is 60.7 Å². The molecule has 0 saturated heterocycles. The second-order valence-corrected chi connectivity index (χ2v) is 6.76. The minimum absolute atomic E-state index is 0.212. The molecule has 0 aliphatic heterocycles. The highest BCUT2D eigenvalue weighted by molar-refractivity contribution is 6.31. The van der Waals surface area contributed by atoms with Crippen molar-refractivity contribution in [2.75, 3.05) is 10.6 Å². The van der Waals surface area contributed by atoms with Crippen LogP contribution < -0.4 is 10.6 Å². The molecule has 1 amide bonds. The molecule has 0 atom stereocenters. The first-order valence-corrected chi connectivity index (χ1v) is 9.37. The van der Waals surface area contributed by atoms with E-state index in [0.717, 1.165) is 16.9 Å². The van der Waals surface area contributed by atoms with Crippen molar-refractivity contribution in [3.63, 3.8) is 0 Å². The van der Waals surface area contributed by atoms with Crippen molar-refractivity contribution in [2.24, 2.45) is 0 Å². The molecule has 0 spiro atoms. The van der Waals surface area contributed by atoms with Crippen molar-refractivity contribution in [1.29, 1.82) is 0 Å². The van der Waals surface area contributed by atoms with Crippen LogP contribution in [0.3, 0.4) is 0 Å². The lowest BCUT2D eigenvalue weighted by atomic mass is 10.1. The molecule has 4 rings (SSSR count). The van der Waals surface area contributed by atoms with Crippen LogP contribution in [-0.4, -0.2) is 15.9 Å². The lowest BCUT2D eigenvalue weighted by Gasteiger charge is -2.09. The van der Waals surface area contributed by atoms with E-state index in [2.05, 4.69) is 20.6 Å². The molecule has 1 aromatic heterocycles. The van der Waals surface area contributed by atoms with Gasteiger partial charge < -0.3 is 10.6 Å². The lowest BCUT2D eigenvalue weighted by Crippen LogP contribution is -2.11. The Morgan fingerprint density at radius 3 is 2.31 bits per heavy atom. The van der Waals surface area contributed by atoms with Gasteiger partial charge in [0.25, 0.3) is 5.91 Å². The van der Waals surface area contributed by atoms with Crippen molar-refractivity contribution in [3.05, 3.63) is 102 Å². The first-order chi connectivity index (χ1) is 14.2. The summed E-state index contributed by atoms with van der Waals surface area (Å²) in [5.41, 5.74) is 3.91. The first kappa shape index (κ1) is 18.7. The standard InChI is InChI=1S/C23H17ClN4O/c24-18-8-4-7-17(13-18)23(29)28-20-11-9-19(10-12-20)27-22-14-21(25-15-26-22)16-5-2-1-3-6-16/h1-15H,(H,28,29)(H,25,26,27). The van der Waals surface area contributed by atoms with E-state index in [0.29, 0.717) is 22.1 Å². The van der Waals surface area contributed by atoms with Crippen LogP contribution in [0.5, 0.6) is 0 Å². The summed E-state index contributed by atoms with van der Waals surface area (Å²) in [6.07, 6.45) is 1.53. The molecule has 0 aliphatic rings. The maximum Gasteiger partial charge on any atom is 0.255 e. The number of halogens is 1. The summed E-state index contributed by atoms with van der Waals surface area (Å²) < 4.78 is 0. The van der Waals surface area contributed by atoms with E-state index in [4.69, 9.17) is 11.6 Å². The molecule has 3 aromatic carbocycles. The highest BCUT2D eigenvalue weighted by Crippen LogP contribution is 2.22. The number of anilines is 3. The van der Waals surface area contributed by atoms with Crippen LogP contribution in [0.25, 0.3) is 11.3 Å². The minimum atomic E-state index is -0.212. The predicted molar refractivity (Wildman–Crippen MR) is 117 cm³/mol. The number of nitrogens with zero attached hydrogens (tertiary/aromatic N) is 2. The van der Waals surface area contributed by atoms with Gasteiger partial charge >= 0.3 is 0 Å². The Labute approximate surface area is 173 Å². The molecule has 2 N–H and O–H groups in total. The third-order valence-electron chi connectivity index (χ3n) is 4.24. The number of rotatable bonds is 5. The minimum Gasteiger partial charge on any atom is -0.340 e. The number of hydrogen-bond donors (Lipinski definition) is 2. The average molecular weight is 401 g/mol. The fourth-order valence-electron chi connectivity index (χ4n) is 2.81. The van der Waals surface area contributed by atoms with Gasteiger partial charge in [-0.25, -0.2) is 9.97 Å². The second kappa shape index (κ2) is 8.54. The molecule has 0 saturated carbocycles. The van der Waals surface area contributed by atoms with Crippen molar-refractivity contribution in [3.8, 4) is 11.3 Å². The smallest absolute Gasteiger partial charge is 0.255 e. The van der Waals surface area contributed by atoms with E-state index >= 15 is 0 Å². The summed E-state index contributed by atoms with van der Waals surface area (Å²) in [5.74, 6) is 0.478. The fourth-order valence-corrected chi connectivity index (χ4v) is 3.00. The molecule has 0 fully saturated rings. The average Bonchev–Trinajstić information content (AvgIpc) is 2.76. The molecule has 0 radical (unpaired) electrons. The normalized spacial score (nSPS) is 10.4. The highest BCUT2D eigenvalue weighted by Gasteiger charge is 2.07. The summed E-state index contributed by atoms with van der Waals surface area (Å²) in [4.78, 5) is 20.9. The lowest BCUT2D eigenvalue weighted by molar-refractivity contribution is 0.102. The quantitative estimate of drug-likeness (QED) is 0.444. The maximum absolute atomic E-state index is 12.3. The number of hydrogen-bond acceptors (Lipinski definition) is 4. The summed E-state index contributed by atoms with van der Waals surface area (Å²) in [7, 11) is 0. The van der Waals surface area contributed by atoms with Gasteiger partial charge in [0.05, 0.1) is 5.69 Å². The number of carbonyl (C=O) groups is 1. The molecule has 4 aromatic rings. The second-order valence-electron chi connectivity index (χ2n) is 6.32. The third kappa shape index (κ3) is 4.78. The SMILES string of the molecule is O=C(Nc1ccc(Nc2cc(-c3ccccc3)ncn2)cc1)c1cccc(Cl)c1. The largest absolute Gasteiger partial charge is 0.340 e. The molecule has 0 bridgehead atoms. The van der Waals surface area contributed by atoms with Crippen molar-refractivity contribution in [2.45, 2.75) is 0 Å². The number of benzene rings is 3. The Balaban J connectivity index is 1.44. The zero-order valence-electron chi connectivity index (χ0n) is 15.3. The summed E-state index contributed by atoms with van der Waals surface area (Å²) in [5, 5.41) is 6.63. The van der Waals surface area contributed by atoms with E-state index in [-0.39, 0.29) is 5.91 Å². The van der Waals surface area contributed by atoms with Crippen LogP contribution in [0.4, 0.5) is 17.2 Å². The molecule has 0 unspecified atom stereocenters. The van der Waals surface area contributed by atoms with Gasteiger partial charge in [-0.2, -0.15) is 0 Å². The zero-order chi connectivity index (χ0) is 20.1. The summed E-state index contributed by atoms with van der Waals surface area (Å²) in [6, 6.07) is 26.0. The van der Waals surface area contributed by atoms with Gasteiger partial charge in [0.1, 0.15) is 12.1 Å². The van der Waals surface area contributed by atoms with Crippen molar-refractivity contribution >= 4 is 34.7 Å². The fraction of sp³-hybridized carbons (Fsp3) is 0. The van der Waals surface area contributed by atoms with Crippen LogP contribution >= 0.6 is 11.6 Å². The Hall–Kier alpha value is -3.70. The first-order valence-electron chi connectivity index (χ1n) is 8.99. The highest BCUT2D eigenvalue weighted by atomic mass is 35.5. The van der Waals surface area contributed by atoms with E-state index in [9.17, 15) is 4.79 Å². The molecule has 0 aliphatic carbocycles. The van der Waals surface area contributed by atoms with Crippen LogP contribution in [0, 0.1) is 0 Å². The molecule has 29 heavy (non-hydrogen) atoms. The molecular formula is C23H17ClN4O. The summed E-state index contributed by atoms with van der Waals surface area (Å²) >= 11 is 5.94.